The summed E-state index contributed by atoms with van der Waals surface area (Å²) in [6.45, 7) is 1.88. The third-order valence-electron chi connectivity index (χ3n) is 4.15. The fourth-order valence-electron chi connectivity index (χ4n) is 2.83. The van der Waals surface area contributed by atoms with Gasteiger partial charge in [-0.1, -0.05) is 12.1 Å². The largest absolute Gasteiger partial charge is 0.387 e. The van der Waals surface area contributed by atoms with E-state index in [9.17, 15) is 14.3 Å². The number of urea groups is 1. The number of carbonyl (C=O) groups is 1. The molecule has 0 radical (unpaired) electrons. The van der Waals surface area contributed by atoms with Crippen LogP contribution in [0, 0.1) is 5.82 Å². The van der Waals surface area contributed by atoms with Gasteiger partial charge in [0, 0.05) is 25.8 Å². The van der Waals surface area contributed by atoms with Crippen molar-refractivity contribution in [2.75, 3.05) is 29.9 Å². The van der Waals surface area contributed by atoms with Crippen molar-refractivity contribution in [2.45, 2.75) is 18.9 Å². The van der Waals surface area contributed by atoms with Gasteiger partial charge < -0.3 is 20.6 Å². The molecule has 1 fully saturated rings. The van der Waals surface area contributed by atoms with Gasteiger partial charge in [0.05, 0.1) is 11.8 Å². The summed E-state index contributed by atoms with van der Waals surface area (Å²) in [4.78, 5) is 18.6. The van der Waals surface area contributed by atoms with Gasteiger partial charge in [0.25, 0.3) is 0 Å². The molecule has 0 spiro atoms. The number of hydrogen-bond donors (Lipinski definition) is 3. The number of nitrogens with one attached hydrogen (secondary N) is 2. The van der Waals surface area contributed by atoms with E-state index in [0.29, 0.717) is 11.3 Å². The predicted octanol–water partition coefficient (Wildman–Crippen LogP) is 2.68. The van der Waals surface area contributed by atoms with Crippen LogP contribution in [0.1, 0.15) is 24.5 Å². The highest BCUT2D eigenvalue weighted by Gasteiger charge is 2.18. The van der Waals surface area contributed by atoms with Crippen LogP contribution in [0.15, 0.2) is 42.6 Å². The van der Waals surface area contributed by atoms with Gasteiger partial charge in [-0.15, -0.1) is 0 Å². The van der Waals surface area contributed by atoms with Crippen LogP contribution in [0.2, 0.25) is 0 Å². The summed E-state index contributed by atoms with van der Waals surface area (Å²) in [5.74, 6) is 0.391. The van der Waals surface area contributed by atoms with E-state index < -0.39 is 12.1 Å². The molecule has 3 rings (SSSR count). The molecule has 2 aromatic rings. The van der Waals surface area contributed by atoms with Crippen molar-refractivity contribution in [3.8, 4) is 0 Å². The van der Waals surface area contributed by atoms with E-state index in [0.717, 1.165) is 31.7 Å². The number of hydrogen-bond acceptors (Lipinski definition) is 4. The Morgan fingerprint density at radius 3 is 2.68 bits per heavy atom. The maximum absolute atomic E-state index is 12.9. The molecule has 1 aromatic carbocycles. The first-order valence-corrected chi connectivity index (χ1v) is 8.32. The van der Waals surface area contributed by atoms with Crippen LogP contribution in [0.4, 0.5) is 20.7 Å². The molecule has 25 heavy (non-hydrogen) atoms. The molecule has 0 bridgehead atoms. The number of anilines is 2. The summed E-state index contributed by atoms with van der Waals surface area (Å²) in [5, 5.41) is 15.5. The molecule has 7 heteroatoms. The van der Waals surface area contributed by atoms with Crippen LogP contribution >= 0.6 is 0 Å². The lowest BCUT2D eigenvalue weighted by Crippen LogP contribution is -2.33. The zero-order chi connectivity index (χ0) is 17.6. The molecule has 0 aliphatic carbocycles. The number of benzene rings is 1. The lowest BCUT2D eigenvalue weighted by atomic mass is 10.1. The lowest BCUT2D eigenvalue weighted by molar-refractivity contribution is 0.175. The summed E-state index contributed by atoms with van der Waals surface area (Å²) in [6.07, 6.45) is 3.03. The molecule has 2 amide bonds. The molecule has 0 unspecified atom stereocenters. The standard InChI is InChI=1S/C18H21FN4O2/c19-14-7-5-13(6-8-14)16(24)12-21-18(25)22-15-4-3-9-20-17(15)23-10-1-2-11-23/h3-9,16,24H,1-2,10-12H2,(H2,21,22,25)/t16-/m0/s1. The smallest absolute Gasteiger partial charge is 0.319 e. The van der Waals surface area contributed by atoms with Crippen LogP contribution in [0.25, 0.3) is 0 Å². The Labute approximate surface area is 145 Å². The SMILES string of the molecule is O=C(NC[C@H](O)c1ccc(F)cc1)Nc1cccnc1N1CCCC1. The van der Waals surface area contributed by atoms with Crippen LogP contribution in [0.3, 0.4) is 0 Å². The highest BCUT2D eigenvalue weighted by Crippen LogP contribution is 2.25. The van der Waals surface area contributed by atoms with E-state index in [4.69, 9.17) is 0 Å². The molecule has 2 heterocycles. The average molecular weight is 344 g/mol. The van der Waals surface area contributed by atoms with Crippen LogP contribution in [-0.2, 0) is 0 Å². The number of aliphatic hydroxyl groups excluding tert-OH is 1. The Morgan fingerprint density at radius 2 is 1.96 bits per heavy atom. The van der Waals surface area contributed by atoms with E-state index in [2.05, 4.69) is 20.5 Å². The van der Waals surface area contributed by atoms with Crippen molar-refractivity contribution in [2.24, 2.45) is 0 Å². The lowest BCUT2D eigenvalue weighted by Gasteiger charge is -2.20. The van der Waals surface area contributed by atoms with Crippen molar-refractivity contribution in [3.63, 3.8) is 0 Å². The predicted molar refractivity (Wildman–Crippen MR) is 94.1 cm³/mol. The zero-order valence-electron chi connectivity index (χ0n) is 13.8. The second kappa shape index (κ2) is 7.94. The van der Waals surface area contributed by atoms with Crippen LogP contribution < -0.4 is 15.5 Å². The van der Waals surface area contributed by atoms with E-state index >= 15 is 0 Å². The minimum atomic E-state index is -0.904. The normalized spacial score (nSPS) is 15.0. The fourth-order valence-corrected chi connectivity index (χ4v) is 2.83. The molecule has 1 atom stereocenters. The number of halogens is 1. The van der Waals surface area contributed by atoms with Gasteiger partial charge in [0.15, 0.2) is 5.82 Å². The number of nitrogens with zero attached hydrogens (tertiary/aromatic N) is 2. The third kappa shape index (κ3) is 4.45. The molecule has 1 aliphatic rings. The number of rotatable bonds is 5. The molecule has 132 valence electrons. The summed E-state index contributed by atoms with van der Waals surface area (Å²) < 4.78 is 12.9. The first-order valence-electron chi connectivity index (χ1n) is 8.32. The summed E-state index contributed by atoms with van der Waals surface area (Å²) in [7, 11) is 0. The van der Waals surface area contributed by atoms with Gasteiger partial charge in [-0.3, -0.25) is 0 Å². The Kier molecular flexibility index (Phi) is 5.45. The Balaban J connectivity index is 1.57. The van der Waals surface area contributed by atoms with Crippen molar-refractivity contribution in [1.29, 1.82) is 0 Å². The maximum Gasteiger partial charge on any atom is 0.319 e. The van der Waals surface area contributed by atoms with E-state index in [1.807, 2.05) is 0 Å². The summed E-state index contributed by atoms with van der Waals surface area (Å²) >= 11 is 0. The van der Waals surface area contributed by atoms with Gasteiger partial charge in [-0.25, -0.2) is 14.2 Å². The monoisotopic (exact) mass is 344 g/mol. The average Bonchev–Trinajstić information content (AvgIpc) is 3.15. The van der Waals surface area contributed by atoms with E-state index in [1.165, 1.54) is 24.3 Å². The topological polar surface area (TPSA) is 77.5 Å². The molecular weight excluding hydrogens is 323 g/mol. The highest BCUT2D eigenvalue weighted by atomic mass is 19.1. The third-order valence-corrected chi connectivity index (χ3v) is 4.15. The summed E-state index contributed by atoms with van der Waals surface area (Å²) in [5.41, 5.74) is 1.18. The molecule has 1 aromatic heterocycles. The number of carbonyl (C=O) groups excluding carboxylic acids is 1. The molecule has 1 aliphatic heterocycles. The van der Waals surface area contributed by atoms with Crippen molar-refractivity contribution in [3.05, 3.63) is 54.0 Å². The molecule has 1 saturated heterocycles. The Morgan fingerprint density at radius 1 is 1.24 bits per heavy atom. The van der Waals surface area contributed by atoms with Crippen molar-refractivity contribution >= 4 is 17.5 Å². The number of amides is 2. The van der Waals surface area contributed by atoms with Gasteiger partial charge in [-0.05, 0) is 42.7 Å². The molecule has 0 saturated carbocycles. The highest BCUT2D eigenvalue weighted by molar-refractivity contribution is 5.92. The van der Waals surface area contributed by atoms with Crippen LogP contribution in [-0.4, -0.2) is 35.8 Å². The second-order valence-electron chi connectivity index (χ2n) is 5.97. The number of aromatic nitrogens is 1. The second-order valence-corrected chi connectivity index (χ2v) is 5.97. The van der Waals surface area contributed by atoms with Gasteiger partial charge in [0.1, 0.15) is 5.82 Å². The maximum atomic E-state index is 12.9. The molecule has 3 N–H and O–H groups in total. The minimum Gasteiger partial charge on any atom is -0.387 e. The van der Waals surface area contributed by atoms with Gasteiger partial charge in [0.2, 0.25) is 0 Å². The van der Waals surface area contributed by atoms with E-state index in [-0.39, 0.29) is 12.4 Å². The first kappa shape index (κ1) is 17.2. The molecular formula is C18H21FN4O2. The quantitative estimate of drug-likeness (QED) is 0.779. The van der Waals surface area contributed by atoms with E-state index in [1.54, 1.807) is 18.3 Å². The minimum absolute atomic E-state index is 0.0246. The zero-order valence-corrected chi connectivity index (χ0v) is 13.8. The number of aliphatic hydroxyl groups is 1. The van der Waals surface area contributed by atoms with Crippen molar-refractivity contribution < 1.29 is 14.3 Å². The Bertz CT molecular complexity index is 717. The van der Waals surface area contributed by atoms with Crippen LogP contribution in [0.5, 0.6) is 0 Å². The Hall–Kier alpha value is -2.67. The van der Waals surface area contributed by atoms with Gasteiger partial charge in [-0.2, -0.15) is 0 Å². The summed E-state index contributed by atoms with van der Waals surface area (Å²) in [6, 6.07) is 8.68. The fraction of sp³-hybridized carbons (Fsp3) is 0.333. The number of pyridine rings is 1. The molecule has 6 nitrogen and oxygen atoms in total. The van der Waals surface area contributed by atoms with Crippen molar-refractivity contribution in [1.82, 2.24) is 10.3 Å². The van der Waals surface area contributed by atoms with Gasteiger partial charge >= 0.3 is 6.03 Å². The first-order chi connectivity index (χ1) is 12.1.